The topological polar surface area (TPSA) is 29.5 Å². The van der Waals surface area contributed by atoms with Gasteiger partial charge in [-0.15, -0.1) is 0 Å². The van der Waals surface area contributed by atoms with Crippen molar-refractivity contribution in [1.82, 2.24) is 0 Å². The standard InChI is InChI=1S/C21H26O2/c22-17-20(14-7-13-19-9-3-1-4-10-19)15-8-16-23-18-21-11-5-2-6-12-21/h1-7,9-13,20,22H,8,14-18H2/b13-7+/t20-/m0/s1. The van der Waals surface area contributed by atoms with Crippen LogP contribution in [0.2, 0.25) is 0 Å². The second-order valence-electron chi connectivity index (χ2n) is 5.78. The zero-order chi connectivity index (χ0) is 16.2. The molecule has 0 heterocycles. The van der Waals surface area contributed by atoms with Crippen molar-refractivity contribution in [2.45, 2.75) is 25.9 Å². The molecule has 2 heteroatoms. The Morgan fingerprint density at radius 3 is 2.35 bits per heavy atom. The molecule has 0 spiro atoms. The van der Waals surface area contributed by atoms with Gasteiger partial charge in [-0.25, -0.2) is 0 Å². The molecule has 0 unspecified atom stereocenters. The second kappa shape index (κ2) is 10.8. The Bertz CT molecular complexity index is 549. The first-order valence-electron chi connectivity index (χ1n) is 8.32. The fraction of sp³-hybridized carbons (Fsp3) is 0.333. The van der Waals surface area contributed by atoms with Crippen LogP contribution in [0.3, 0.4) is 0 Å². The molecule has 0 radical (unpaired) electrons. The third kappa shape index (κ3) is 7.27. The molecule has 0 amide bonds. The average molecular weight is 310 g/mol. The number of aliphatic hydroxyl groups excluding tert-OH is 1. The van der Waals surface area contributed by atoms with Crippen molar-refractivity contribution in [3.8, 4) is 0 Å². The lowest BCUT2D eigenvalue weighted by atomic mass is 10.00. The maximum Gasteiger partial charge on any atom is 0.0716 e. The SMILES string of the molecule is OC[C@@H](C/C=C/c1ccccc1)CCCOCc1ccccc1. The maximum atomic E-state index is 9.48. The van der Waals surface area contributed by atoms with E-state index < -0.39 is 0 Å². The van der Waals surface area contributed by atoms with Gasteiger partial charge in [-0.2, -0.15) is 0 Å². The molecule has 23 heavy (non-hydrogen) atoms. The summed E-state index contributed by atoms with van der Waals surface area (Å²) >= 11 is 0. The number of hydrogen-bond acceptors (Lipinski definition) is 2. The Morgan fingerprint density at radius 1 is 0.957 bits per heavy atom. The fourth-order valence-electron chi connectivity index (χ4n) is 2.48. The highest BCUT2D eigenvalue weighted by Crippen LogP contribution is 2.13. The Morgan fingerprint density at radius 2 is 1.65 bits per heavy atom. The van der Waals surface area contributed by atoms with E-state index in [9.17, 15) is 5.11 Å². The van der Waals surface area contributed by atoms with E-state index >= 15 is 0 Å². The summed E-state index contributed by atoms with van der Waals surface area (Å²) < 4.78 is 5.69. The summed E-state index contributed by atoms with van der Waals surface area (Å²) in [5.74, 6) is 0.315. The molecule has 1 atom stereocenters. The molecular weight excluding hydrogens is 284 g/mol. The summed E-state index contributed by atoms with van der Waals surface area (Å²) in [5.41, 5.74) is 2.41. The Kier molecular flexibility index (Phi) is 8.17. The molecule has 0 aliphatic rings. The minimum atomic E-state index is 0.234. The summed E-state index contributed by atoms with van der Waals surface area (Å²) in [6.45, 7) is 1.64. The van der Waals surface area contributed by atoms with Gasteiger partial charge in [-0.3, -0.25) is 0 Å². The van der Waals surface area contributed by atoms with Gasteiger partial charge in [0.05, 0.1) is 6.61 Å². The van der Waals surface area contributed by atoms with Crippen LogP contribution in [0.4, 0.5) is 0 Å². The smallest absolute Gasteiger partial charge is 0.0716 e. The molecule has 0 fully saturated rings. The van der Waals surface area contributed by atoms with Gasteiger partial charge in [0.1, 0.15) is 0 Å². The van der Waals surface area contributed by atoms with E-state index in [1.54, 1.807) is 0 Å². The number of allylic oxidation sites excluding steroid dienone is 1. The highest BCUT2D eigenvalue weighted by Gasteiger charge is 2.05. The molecule has 0 aliphatic carbocycles. The lowest BCUT2D eigenvalue weighted by Gasteiger charge is -2.11. The quantitative estimate of drug-likeness (QED) is 0.645. The van der Waals surface area contributed by atoms with Crippen LogP contribution >= 0.6 is 0 Å². The Balaban J connectivity index is 1.60. The predicted molar refractivity (Wildman–Crippen MR) is 96.0 cm³/mol. The van der Waals surface area contributed by atoms with Gasteiger partial charge >= 0.3 is 0 Å². The van der Waals surface area contributed by atoms with Crippen molar-refractivity contribution in [2.24, 2.45) is 5.92 Å². The van der Waals surface area contributed by atoms with Crippen LogP contribution in [0, 0.1) is 5.92 Å². The van der Waals surface area contributed by atoms with Crippen LogP contribution < -0.4 is 0 Å². The van der Waals surface area contributed by atoms with Crippen molar-refractivity contribution < 1.29 is 9.84 Å². The highest BCUT2D eigenvalue weighted by molar-refractivity contribution is 5.48. The molecule has 122 valence electrons. The van der Waals surface area contributed by atoms with Gasteiger partial charge in [-0.1, -0.05) is 72.8 Å². The van der Waals surface area contributed by atoms with Crippen molar-refractivity contribution in [3.05, 3.63) is 77.9 Å². The minimum absolute atomic E-state index is 0.234. The van der Waals surface area contributed by atoms with Gasteiger partial charge < -0.3 is 9.84 Å². The molecule has 1 N–H and O–H groups in total. The van der Waals surface area contributed by atoms with E-state index in [2.05, 4.69) is 36.4 Å². The van der Waals surface area contributed by atoms with E-state index in [1.807, 2.05) is 36.4 Å². The molecule has 2 aromatic rings. The Hall–Kier alpha value is -1.90. The molecule has 0 saturated carbocycles. The number of rotatable bonds is 10. The van der Waals surface area contributed by atoms with E-state index in [0.717, 1.165) is 25.9 Å². The average Bonchev–Trinajstić information content (AvgIpc) is 2.61. The van der Waals surface area contributed by atoms with E-state index in [-0.39, 0.29) is 6.61 Å². The molecule has 0 aromatic heterocycles. The lowest BCUT2D eigenvalue weighted by molar-refractivity contribution is 0.109. The van der Waals surface area contributed by atoms with Crippen molar-refractivity contribution >= 4 is 6.08 Å². The third-order valence-electron chi connectivity index (χ3n) is 3.85. The van der Waals surface area contributed by atoms with E-state index in [4.69, 9.17) is 4.74 Å². The van der Waals surface area contributed by atoms with Crippen LogP contribution in [0.15, 0.2) is 66.7 Å². The lowest BCUT2D eigenvalue weighted by Crippen LogP contribution is -2.06. The second-order valence-corrected chi connectivity index (χ2v) is 5.78. The van der Waals surface area contributed by atoms with Crippen LogP contribution in [-0.2, 0) is 11.3 Å². The van der Waals surface area contributed by atoms with Crippen molar-refractivity contribution in [3.63, 3.8) is 0 Å². The molecular formula is C21H26O2. The first kappa shape index (κ1) is 17.5. The van der Waals surface area contributed by atoms with E-state index in [0.29, 0.717) is 12.5 Å². The monoisotopic (exact) mass is 310 g/mol. The normalized spacial score (nSPS) is 12.6. The molecule has 0 saturated heterocycles. The van der Waals surface area contributed by atoms with Gasteiger partial charge in [0.25, 0.3) is 0 Å². The van der Waals surface area contributed by atoms with Crippen LogP contribution in [0.1, 0.15) is 30.4 Å². The summed E-state index contributed by atoms with van der Waals surface area (Å²) in [6, 6.07) is 20.5. The van der Waals surface area contributed by atoms with E-state index in [1.165, 1.54) is 11.1 Å². The number of aliphatic hydroxyl groups is 1. The van der Waals surface area contributed by atoms with Crippen LogP contribution in [0.5, 0.6) is 0 Å². The molecule has 2 aromatic carbocycles. The number of ether oxygens (including phenoxy) is 1. The molecule has 0 aliphatic heterocycles. The minimum Gasteiger partial charge on any atom is -0.396 e. The zero-order valence-electron chi connectivity index (χ0n) is 13.6. The van der Waals surface area contributed by atoms with Gasteiger partial charge in [-0.05, 0) is 36.3 Å². The molecule has 2 rings (SSSR count). The van der Waals surface area contributed by atoms with Gasteiger partial charge in [0, 0.05) is 13.2 Å². The predicted octanol–water partition coefficient (Wildman–Crippen LogP) is 4.70. The number of benzene rings is 2. The summed E-state index contributed by atoms with van der Waals surface area (Å²) in [5, 5.41) is 9.48. The summed E-state index contributed by atoms with van der Waals surface area (Å²) in [7, 11) is 0. The van der Waals surface area contributed by atoms with Crippen molar-refractivity contribution in [1.29, 1.82) is 0 Å². The first-order chi connectivity index (χ1) is 11.4. The summed E-state index contributed by atoms with van der Waals surface area (Å²) in [4.78, 5) is 0. The van der Waals surface area contributed by atoms with Gasteiger partial charge in [0.2, 0.25) is 0 Å². The highest BCUT2D eigenvalue weighted by atomic mass is 16.5. The molecule has 0 bridgehead atoms. The first-order valence-corrected chi connectivity index (χ1v) is 8.32. The Labute approximate surface area is 139 Å². The molecule has 2 nitrogen and oxygen atoms in total. The number of hydrogen-bond donors (Lipinski definition) is 1. The summed E-state index contributed by atoms with van der Waals surface area (Å²) in [6.07, 6.45) is 7.15. The van der Waals surface area contributed by atoms with Gasteiger partial charge in [0.15, 0.2) is 0 Å². The van der Waals surface area contributed by atoms with Crippen molar-refractivity contribution in [2.75, 3.05) is 13.2 Å². The third-order valence-corrected chi connectivity index (χ3v) is 3.85. The zero-order valence-corrected chi connectivity index (χ0v) is 13.6. The van der Waals surface area contributed by atoms with Crippen LogP contribution in [0.25, 0.3) is 6.08 Å². The maximum absolute atomic E-state index is 9.48. The van der Waals surface area contributed by atoms with Crippen LogP contribution in [-0.4, -0.2) is 18.3 Å². The fourth-order valence-corrected chi connectivity index (χ4v) is 2.48. The largest absolute Gasteiger partial charge is 0.396 e.